The number of alkyl halides is 3. The second-order valence-electron chi connectivity index (χ2n) is 8.54. The van der Waals surface area contributed by atoms with E-state index in [1.54, 1.807) is 17.8 Å². The van der Waals surface area contributed by atoms with E-state index in [0.717, 1.165) is 16.0 Å². The molecule has 1 aliphatic carbocycles. The van der Waals surface area contributed by atoms with Crippen LogP contribution in [0.2, 0.25) is 5.02 Å². The molecule has 0 bridgehead atoms. The Kier molecular flexibility index (Phi) is 6.32. The summed E-state index contributed by atoms with van der Waals surface area (Å²) in [6, 6.07) is 22.3. The quantitative estimate of drug-likeness (QED) is 0.248. The van der Waals surface area contributed by atoms with Crippen LogP contribution >= 0.6 is 23.4 Å². The third kappa shape index (κ3) is 4.80. The summed E-state index contributed by atoms with van der Waals surface area (Å²) < 4.78 is 46.4. The lowest BCUT2D eigenvalue weighted by atomic mass is 10.1. The molecule has 0 saturated heterocycles. The van der Waals surface area contributed by atoms with Gasteiger partial charge in [0.25, 0.3) is 5.56 Å². The van der Waals surface area contributed by atoms with Crippen molar-refractivity contribution in [3.05, 3.63) is 99.3 Å². The topological polar surface area (TPSA) is 31.2 Å². The third-order valence-electron chi connectivity index (χ3n) is 6.26. The van der Waals surface area contributed by atoms with Crippen LogP contribution in [0.1, 0.15) is 23.5 Å². The molecule has 2 atom stereocenters. The Morgan fingerprint density at radius 1 is 1.06 bits per heavy atom. The zero-order valence-electron chi connectivity index (χ0n) is 18.7. The van der Waals surface area contributed by atoms with Gasteiger partial charge in [0, 0.05) is 21.7 Å². The van der Waals surface area contributed by atoms with Crippen LogP contribution in [0.4, 0.5) is 13.2 Å². The fourth-order valence-electron chi connectivity index (χ4n) is 4.38. The minimum atomic E-state index is -4.26. The van der Waals surface area contributed by atoms with Crippen LogP contribution < -0.4 is 10.3 Å². The van der Waals surface area contributed by atoms with E-state index in [4.69, 9.17) is 16.3 Å². The van der Waals surface area contributed by atoms with Crippen LogP contribution in [0.15, 0.2) is 82.5 Å². The third-order valence-corrected chi connectivity index (χ3v) is 7.66. The van der Waals surface area contributed by atoms with Gasteiger partial charge >= 0.3 is 6.18 Å². The number of rotatable bonds is 6. The molecule has 1 aliphatic rings. The highest BCUT2D eigenvalue weighted by molar-refractivity contribution is 7.98. The SMILES string of the molecule is COc1cc([C@@H]2C[C@H]2C(F)(F)F)c(Cl)cc1-n1c(=O)ccc2cc(SCc3ccccc3)ccc21. The van der Waals surface area contributed by atoms with Gasteiger partial charge < -0.3 is 4.74 Å². The number of halogens is 4. The van der Waals surface area contributed by atoms with Gasteiger partial charge in [-0.3, -0.25) is 9.36 Å². The molecule has 0 aliphatic heterocycles. The Hall–Kier alpha value is -2.90. The molecule has 8 heteroatoms. The normalized spacial score (nSPS) is 17.5. The lowest BCUT2D eigenvalue weighted by molar-refractivity contribution is -0.148. The molecule has 35 heavy (non-hydrogen) atoms. The van der Waals surface area contributed by atoms with Crippen LogP contribution in [0.25, 0.3) is 16.6 Å². The first-order chi connectivity index (χ1) is 16.8. The summed E-state index contributed by atoms with van der Waals surface area (Å²) in [6.07, 6.45) is -4.26. The van der Waals surface area contributed by atoms with Crippen LogP contribution in [0, 0.1) is 5.92 Å². The first kappa shape index (κ1) is 23.8. The van der Waals surface area contributed by atoms with E-state index < -0.39 is 18.0 Å². The maximum atomic E-state index is 13.1. The van der Waals surface area contributed by atoms with Crippen molar-refractivity contribution in [1.29, 1.82) is 0 Å². The van der Waals surface area contributed by atoms with E-state index in [2.05, 4.69) is 12.1 Å². The summed E-state index contributed by atoms with van der Waals surface area (Å²) in [5.41, 5.74) is 2.37. The van der Waals surface area contributed by atoms with Gasteiger partial charge in [-0.2, -0.15) is 13.2 Å². The number of fused-ring (bicyclic) bond motifs is 1. The minimum Gasteiger partial charge on any atom is -0.495 e. The molecule has 0 amide bonds. The molecule has 4 aromatic rings. The Labute approximate surface area is 209 Å². The Bertz CT molecular complexity index is 1450. The number of hydrogen-bond donors (Lipinski definition) is 0. The van der Waals surface area contributed by atoms with Crippen molar-refractivity contribution < 1.29 is 17.9 Å². The lowest BCUT2D eigenvalue weighted by Gasteiger charge is -2.17. The van der Waals surface area contributed by atoms with Crippen molar-refractivity contribution in [2.75, 3.05) is 7.11 Å². The van der Waals surface area contributed by atoms with Gasteiger partial charge in [0.2, 0.25) is 0 Å². The molecule has 1 saturated carbocycles. The van der Waals surface area contributed by atoms with Gasteiger partial charge in [-0.25, -0.2) is 0 Å². The summed E-state index contributed by atoms with van der Waals surface area (Å²) in [5, 5.41) is 1.04. The van der Waals surface area contributed by atoms with E-state index in [1.807, 2.05) is 36.4 Å². The van der Waals surface area contributed by atoms with Crippen LogP contribution in [-0.4, -0.2) is 17.9 Å². The van der Waals surface area contributed by atoms with Crippen LogP contribution in [0.5, 0.6) is 5.75 Å². The second kappa shape index (κ2) is 9.28. The highest BCUT2D eigenvalue weighted by Gasteiger charge is 2.56. The van der Waals surface area contributed by atoms with Gasteiger partial charge in [0.05, 0.1) is 24.2 Å². The number of thioether (sulfide) groups is 1. The molecular formula is C27H21ClF3NO2S. The summed E-state index contributed by atoms with van der Waals surface area (Å²) in [6.45, 7) is 0. The van der Waals surface area contributed by atoms with Crippen LogP contribution in [0.3, 0.4) is 0 Å². The maximum absolute atomic E-state index is 13.1. The number of benzene rings is 3. The zero-order chi connectivity index (χ0) is 24.7. The van der Waals surface area contributed by atoms with Crippen molar-refractivity contribution in [3.63, 3.8) is 0 Å². The Morgan fingerprint density at radius 3 is 2.51 bits per heavy atom. The highest BCUT2D eigenvalue weighted by atomic mass is 35.5. The molecule has 1 heterocycles. The molecule has 0 unspecified atom stereocenters. The van der Waals surface area contributed by atoms with Gasteiger partial charge in [-0.15, -0.1) is 11.8 Å². The average Bonchev–Trinajstić information content (AvgIpc) is 3.65. The van der Waals surface area contributed by atoms with E-state index in [9.17, 15) is 18.0 Å². The van der Waals surface area contributed by atoms with Gasteiger partial charge in [0.1, 0.15) is 5.75 Å². The number of pyridine rings is 1. The van der Waals surface area contributed by atoms with Crippen molar-refractivity contribution in [3.8, 4) is 11.4 Å². The van der Waals surface area contributed by atoms with Crippen molar-refractivity contribution in [2.45, 2.75) is 29.2 Å². The molecule has 1 fully saturated rings. The summed E-state index contributed by atoms with van der Waals surface area (Å²) in [4.78, 5) is 14.0. The summed E-state index contributed by atoms with van der Waals surface area (Å²) >= 11 is 8.14. The van der Waals surface area contributed by atoms with Gasteiger partial charge in [0.15, 0.2) is 0 Å². The highest BCUT2D eigenvalue weighted by Crippen LogP contribution is 2.58. The summed E-state index contributed by atoms with van der Waals surface area (Å²) in [7, 11) is 1.43. The molecule has 1 aromatic heterocycles. The Balaban J connectivity index is 1.52. The first-order valence-electron chi connectivity index (χ1n) is 11.0. The molecule has 3 aromatic carbocycles. The van der Waals surface area contributed by atoms with E-state index >= 15 is 0 Å². The molecule has 3 nitrogen and oxygen atoms in total. The Morgan fingerprint density at radius 2 is 1.83 bits per heavy atom. The number of methoxy groups -OCH3 is 1. The zero-order valence-corrected chi connectivity index (χ0v) is 20.3. The largest absolute Gasteiger partial charge is 0.495 e. The standard InChI is InChI=1S/C27H21ClF3NO2S/c1-34-25-13-20(19-12-21(19)27(29,30)31)22(28)14-24(25)32-23-9-8-18(11-17(23)7-10-26(32)33)35-15-16-5-3-2-4-6-16/h2-11,13-14,19,21H,12,15H2,1H3/t19-,21+/m0/s1. The number of ether oxygens (including phenoxy) is 1. The minimum absolute atomic E-state index is 0.00334. The molecule has 0 spiro atoms. The summed E-state index contributed by atoms with van der Waals surface area (Å²) in [5.74, 6) is -0.979. The molecule has 5 rings (SSSR count). The maximum Gasteiger partial charge on any atom is 0.392 e. The van der Waals surface area contributed by atoms with Gasteiger partial charge in [-0.1, -0.05) is 41.9 Å². The van der Waals surface area contributed by atoms with Gasteiger partial charge in [-0.05, 0) is 65.3 Å². The number of nitrogens with zero attached hydrogens (tertiary/aromatic N) is 1. The van der Waals surface area contributed by atoms with E-state index in [1.165, 1.54) is 35.4 Å². The first-order valence-corrected chi connectivity index (χ1v) is 12.4. The number of hydrogen-bond acceptors (Lipinski definition) is 3. The molecule has 0 N–H and O–H groups in total. The predicted molar refractivity (Wildman–Crippen MR) is 134 cm³/mol. The number of aromatic nitrogens is 1. The average molecular weight is 516 g/mol. The van der Waals surface area contributed by atoms with Crippen molar-refractivity contribution >= 4 is 34.3 Å². The molecular weight excluding hydrogens is 495 g/mol. The molecule has 180 valence electrons. The predicted octanol–water partition coefficient (Wildman–Crippen LogP) is 7.61. The lowest BCUT2D eigenvalue weighted by Crippen LogP contribution is -2.18. The molecule has 0 radical (unpaired) electrons. The second-order valence-corrected chi connectivity index (χ2v) is 9.99. The monoisotopic (exact) mass is 515 g/mol. The van der Waals surface area contributed by atoms with Crippen molar-refractivity contribution in [1.82, 2.24) is 4.57 Å². The van der Waals surface area contributed by atoms with Crippen molar-refractivity contribution in [2.24, 2.45) is 5.92 Å². The smallest absolute Gasteiger partial charge is 0.392 e. The fourth-order valence-corrected chi connectivity index (χ4v) is 5.58. The van der Waals surface area contributed by atoms with Crippen LogP contribution in [-0.2, 0) is 5.75 Å². The van der Waals surface area contributed by atoms with E-state index in [-0.39, 0.29) is 17.0 Å². The fraction of sp³-hybridized carbons (Fsp3) is 0.222. The van der Waals surface area contributed by atoms with E-state index in [0.29, 0.717) is 22.5 Å².